The Morgan fingerprint density at radius 3 is 1.68 bits per heavy atom. The molecular weight excluding hydrogens is 476 g/mol. The van der Waals surface area contributed by atoms with Crippen LogP contribution in [0.3, 0.4) is 0 Å². The van der Waals surface area contributed by atoms with E-state index in [0.29, 0.717) is 23.4 Å². The molecule has 2 N–H and O–H groups in total. The van der Waals surface area contributed by atoms with E-state index in [4.69, 9.17) is 0 Å². The lowest BCUT2D eigenvalue weighted by Gasteiger charge is -2.21. The van der Waals surface area contributed by atoms with E-state index in [-0.39, 0.29) is 24.3 Å². The molecule has 0 aromatic heterocycles. The summed E-state index contributed by atoms with van der Waals surface area (Å²) in [5, 5.41) is 5.89. The van der Waals surface area contributed by atoms with Crippen LogP contribution in [0.15, 0.2) is 109 Å². The summed E-state index contributed by atoms with van der Waals surface area (Å²) >= 11 is 0. The SMILES string of the molecule is CCN(C(=O)c1ccc(NC(=O)CNc2ccc(C(=O)N(C)c3ccccc3)cc2)cc1)c1ccccc1. The topological polar surface area (TPSA) is 81.8 Å². The minimum atomic E-state index is -0.229. The van der Waals surface area contributed by atoms with Crippen LogP contribution in [0.5, 0.6) is 0 Å². The van der Waals surface area contributed by atoms with Gasteiger partial charge >= 0.3 is 0 Å². The summed E-state index contributed by atoms with van der Waals surface area (Å²) < 4.78 is 0. The van der Waals surface area contributed by atoms with E-state index >= 15 is 0 Å². The fourth-order valence-electron chi connectivity index (χ4n) is 3.98. The van der Waals surface area contributed by atoms with Crippen LogP contribution >= 0.6 is 0 Å². The van der Waals surface area contributed by atoms with Crippen molar-refractivity contribution in [2.45, 2.75) is 6.92 Å². The van der Waals surface area contributed by atoms with Crippen LogP contribution in [0.4, 0.5) is 22.7 Å². The van der Waals surface area contributed by atoms with Crippen molar-refractivity contribution < 1.29 is 14.4 Å². The van der Waals surface area contributed by atoms with Crippen molar-refractivity contribution in [1.29, 1.82) is 0 Å². The van der Waals surface area contributed by atoms with Crippen molar-refractivity contribution in [3.8, 4) is 0 Å². The van der Waals surface area contributed by atoms with Crippen LogP contribution in [-0.4, -0.2) is 37.9 Å². The lowest BCUT2D eigenvalue weighted by Crippen LogP contribution is -2.30. The zero-order valence-corrected chi connectivity index (χ0v) is 21.4. The van der Waals surface area contributed by atoms with E-state index in [2.05, 4.69) is 10.6 Å². The standard InChI is InChI=1S/C31H30N4O3/c1-3-35(28-12-8-5-9-13-28)31(38)24-16-20-26(21-17-24)33-29(36)22-32-25-18-14-23(15-19-25)30(37)34(2)27-10-6-4-7-11-27/h4-21,32H,3,22H2,1-2H3,(H,33,36). The largest absolute Gasteiger partial charge is 0.376 e. The Labute approximate surface area is 222 Å². The van der Waals surface area contributed by atoms with Crippen LogP contribution in [0.2, 0.25) is 0 Å². The minimum Gasteiger partial charge on any atom is -0.376 e. The van der Waals surface area contributed by atoms with Crippen LogP contribution in [-0.2, 0) is 4.79 Å². The molecule has 4 aromatic rings. The van der Waals surface area contributed by atoms with Crippen LogP contribution in [0.25, 0.3) is 0 Å². The number of para-hydroxylation sites is 2. The third-order valence-electron chi connectivity index (χ3n) is 6.08. The third-order valence-corrected chi connectivity index (χ3v) is 6.08. The molecule has 0 saturated carbocycles. The van der Waals surface area contributed by atoms with E-state index in [1.54, 1.807) is 65.4 Å². The quantitative estimate of drug-likeness (QED) is 0.306. The highest BCUT2D eigenvalue weighted by atomic mass is 16.2. The third kappa shape index (κ3) is 6.44. The van der Waals surface area contributed by atoms with Gasteiger partial charge in [-0.05, 0) is 79.7 Å². The van der Waals surface area contributed by atoms with Gasteiger partial charge in [0.25, 0.3) is 11.8 Å². The molecule has 192 valence electrons. The Bertz CT molecular complexity index is 1370. The fraction of sp³-hybridized carbons (Fsp3) is 0.129. The molecule has 0 fully saturated rings. The number of carbonyl (C=O) groups is 3. The van der Waals surface area contributed by atoms with Crippen molar-refractivity contribution in [3.63, 3.8) is 0 Å². The van der Waals surface area contributed by atoms with Gasteiger partial charge in [-0.25, -0.2) is 0 Å². The van der Waals surface area contributed by atoms with Gasteiger partial charge in [0.2, 0.25) is 5.91 Å². The molecule has 0 aliphatic carbocycles. The summed E-state index contributed by atoms with van der Waals surface area (Å²) in [6.45, 7) is 2.53. The van der Waals surface area contributed by atoms with Gasteiger partial charge in [-0.15, -0.1) is 0 Å². The molecule has 3 amide bonds. The van der Waals surface area contributed by atoms with Crippen molar-refractivity contribution in [3.05, 3.63) is 120 Å². The highest BCUT2D eigenvalue weighted by molar-refractivity contribution is 6.07. The first kappa shape index (κ1) is 26.2. The number of anilines is 4. The van der Waals surface area contributed by atoms with Gasteiger partial charge in [0, 0.05) is 47.5 Å². The van der Waals surface area contributed by atoms with Gasteiger partial charge in [-0.3, -0.25) is 14.4 Å². The first-order chi connectivity index (χ1) is 18.5. The number of nitrogens with one attached hydrogen (secondary N) is 2. The fourth-order valence-corrected chi connectivity index (χ4v) is 3.98. The lowest BCUT2D eigenvalue weighted by molar-refractivity contribution is -0.114. The zero-order valence-electron chi connectivity index (χ0n) is 21.4. The molecule has 4 aromatic carbocycles. The van der Waals surface area contributed by atoms with Crippen molar-refractivity contribution in [2.24, 2.45) is 0 Å². The highest BCUT2D eigenvalue weighted by Crippen LogP contribution is 2.19. The molecular formula is C31H30N4O3. The number of hydrogen-bond acceptors (Lipinski definition) is 4. The van der Waals surface area contributed by atoms with E-state index in [1.165, 1.54) is 0 Å². The maximum Gasteiger partial charge on any atom is 0.258 e. The number of benzene rings is 4. The first-order valence-electron chi connectivity index (χ1n) is 12.4. The number of nitrogens with zero attached hydrogens (tertiary/aromatic N) is 2. The average molecular weight is 507 g/mol. The predicted octanol–water partition coefficient (Wildman–Crippen LogP) is 5.68. The van der Waals surface area contributed by atoms with Crippen LogP contribution < -0.4 is 20.4 Å². The Morgan fingerprint density at radius 2 is 1.13 bits per heavy atom. The summed E-state index contributed by atoms with van der Waals surface area (Å²) in [6.07, 6.45) is 0. The summed E-state index contributed by atoms with van der Waals surface area (Å²) in [7, 11) is 1.74. The second kappa shape index (κ2) is 12.4. The van der Waals surface area contributed by atoms with E-state index in [0.717, 1.165) is 17.1 Å². The summed E-state index contributed by atoms with van der Waals surface area (Å²) in [4.78, 5) is 41.4. The molecule has 0 unspecified atom stereocenters. The average Bonchev–Trinajstić information content (AvgIpc) is 2.97. The van der Waals surface area contributed by atoms with Gasteiger partial charge < -0.3 is 20.4 Å². The van der Waals surface area contributed by atoms with E-state index < -0.39 is 0 Å². The molecule has 0 aliphatic heterocycles. The molecule has 0 bridgehead atoms. The Morgan fingerprint density at radius 1 is 0.632 bits per heavy atom. The smallest absolute Gasteiger partial charge is 0.258 e. The van der Waals surface area contributed by atoms with Crippen molar-refractivity contribution >= 4 is 40.5 Å². The van der Waals surface area contributed by atoms with Gasteiger partial charge in [0.05, 0.1) is 6.54 Å². The maximum absolute atomic E-state index is 12.9. The monoisotopic (exact) mass is 506 g/mol. The lowest BCUT2D eigenvalue weighted by atomic mass is 10.1. The normalized spacial score (nSPS) is 10.4. The molecule has 0 spiro atoms. The molecule has 0 heterocycles. The summed E-state index contributed by atoms with van der Waals surface area (Å²) in [6, 6.07) is 32.8. The second-order valence-corrected chi connectivity index (χ2v) is 8.64. The van der Waals surface area contributed by atoms with Gasteiger partial charge in [-0.2, -0.15) is 0 Å². The Hall–Kier alpha value is -4.91. The first-order valence-corrected chi connectivity index (χ1v) is 12.4. The Kier molecular flexibility index (Phi) is 8.51. The molecule has 7 nitrogen and oxygen atoms in total. The maximum atomic E-state index is 12.9. The second-order valence-electron chi connectivity index (χ2n) is 8.64. The van der Waals surface area contributed by atoms with Crippen molar-refractivity contribution in [2.75, 3.05) is 40.6 Å². The minimum absolute atomic E-state index is 0.0511. The van der Waals surface area contributed by atoms with Gasteiger partial charge in [0.15, 0.2) is 0 Å². The molecule has 0 aliphatic rings. The molecule has 0 atom stereocenters. The van der Waals surface area contributed by atoms with E-state index in [1.807, 2.05) is 67.6 Å². The number of amides is 3. The number of carbonyl (C=O) groups excluding carboxylic acids is 3. The van der Waals surface area contributed by atoms with Crippen LogP contribution in [0, 0.1) is 0 Å². The summed E-state index contributed by atoms with van der Waals surface area (Å²) in [5.41, 5.74) is 4.06. The molecule has 4 rings (SSSR count). The Balaban J connectivity index is 1.29. The van der Waals surface area contributed by atoms with Gasteiger partial charge in [-0.1, -0.05) is 36.4 Å². The molecule has 0 radical (unpaired) electrons. The van der Waals surface area contributed by atoms with Gasteiger partial charge in [0.1, 0.15) is 0 Å². The number of hydrogen-bond donors (Lipinski definition) is 2. The van der Waals surface area contributed by atoms with E-state index in [9.17, 15) is 14.4 Å². The predicted molar refractivity (Wildman–Crippen MR) is 153 cm³/mol. The summed E-state index contributed by atoms with van der Waals surface area (Å²) in [5.74, 6) is -0.448. The molecule has 0 saturated heterocycles. The zero-order chi connectivity index (χ0) is 26.9. The van der Waals surface area contributed by atoms with Crippen molar-refractivity contribution in [1.82, 2.24) is 0 Å². The number of rotatable bonds is 9. The van der Waals surface area contributed by atoms with Crippen LogP contribution in [0.1, 0.15) is 27.6 Å². The molecule has 7 heteroatoms. The highest BCUT2D eigenvalue weighted by Gasteiger charge is 2.16. The molecule has 38 heavy (non-hydrogen) atoms.